The molecular formula is C24H30Cl2N4O4. The number of amides is 2. The van der Waals surface area contributed by atoms with Crippen LogP contribution in [0.15, 0.2) is 36.4 Å². The minimum absolute atomic E-state index is 0.0772. The highest BCUT2D eigenvalue weighted by Crippen LogP contribution is 2.31. The van der Waals surface area contributed by atoms with Crippen LogP contribution in [-0.4, -0.2) is 50.3 Å². The summed E-state index contributed by atoms with van der Waals surface area (Å²) in [6.07, 6.45) is 1.69. The van der Waals surface area contributed by atoms with Crippen molar-refractivity contribution in [2.45, 2.75) is 25.3 Å². The van der Waals surface area contributed by atoms with Gasteiger partial charge in [0.2, 0.25) is 0 Å². The number of carbonyl (C=O) groups is 2. The Labute approximate surface area is 209 Å². The lowest BCUT2D eigenvalue weighted by Crippen LogP contribution is -2.40. The maximum absolute atomic E-state index is 12.7. The number of methoxy groups -OCH3 is 1. The van der Waals surface area contributed by atoms with E-state index in [-0.39, 0.29) is 18.6 Å². The number of nitrogens with zero attached hydrogens (tertiary/aromatic N) is 1. The van der Waals surface area contributed by atoms with Gasteiger partial charge >= 0.3 is 6.09 Å². The van der Waals surface area contributed by atoms with Crippen molar-refractivity contribution in [3.8, 4) is 5.75 Å². The summed E-state index contributed by atoms with van der Waals surface area (Å²) in [5, 5.41) is 3.98. The molecule has 1 fully saturated rings. The average molecular weight is 509 g/mol. The number of hydrogen-bond acceptors (Lipinski definition) is 6. The van der Waals surface area contributed by atoms with E-state index in [1.807, 2.05) is 24.3 Å². The molecule has 5 N–H and O–H groups in total. The van der Waals surface area contributed by atoms with Crippen molar-refractivity contribution in [3.63, 3.8) is 0 Å². The van der Waals surface area contributed by atoms with E-state index in [0.29, 0.717) is 45.9 Å². The van der Waals surface area contributed by atoms with E-state index in [4.69, 9.17) is 44.1 Å². The molecule has 1 unspecified atom stereocenters. The number of nitrogens with two attached hydrogens (primary N) is 2. The fourth-order valence-electron chi connectivity index (χ4n) is 4.23. The molecule has 8 nitrogen and oxygen atoms in total. The molecule has 1 atom stereocenters. The number of halogens is 2. The van der Waals surface area contributed by atoms with Crippen molar-refractivity contribution in [3.05, 3.63) is 57.6 Å². The lowest BCUT2D eigenvalue weighted by Gasteiger charge is -2.38. The SMILES string of the molecule is COc1cc(N)c(Cl)cc1C(=O)NCC1CCN(C(CCOC(N)=O)c2ccc(Cl)cc2)CC1. The second kappa shape index (κ2) is 12.1. The molecule has 0 aliphatic carbocycles. The summed E-state index contributed by atoms with van der Waals surface area (Å²) in [7, 11) is 1.49. The van der Waals surface area contributed by atoms with E-state index >= 15 is 0 Å². The third-order valence-corrected chi connectivity index (χ3v) is 6.67. The van der Waals surface area contributed by atoms with Crippen molar-refractivity contribution in [1.82, 2.24) is 10.2 Å². The maximum Gasteiger partial charge on any atom is 0.404 e. The number of primary amides is 1. The fourth-order valence-corrected chi connectivity index (χ4v) is 4.52. The standard InChI is InChI=1S/C24H30Cl2N4O4/c1-33-22-13-20(27)19(26)12-18(22)23(31)29-14-15-6-9-30(10-7-15)21(8-11-34-24(28)32)16-2-4-17(25)5-3-16/h2-5,12-13,15,21H,6-11,14,27H2,1H3,(H2,28,32)(H,29,31). The molecule has 184 valence electrons. The Morgan fingerprint density at radius 2 is 1.85 bits per heavy atom. The first kappa shape index (κ1) is 25.9. The number of likely N-dealkylation sites (tertiary alicyclic amines) is 1. The predicted octanol–water partition coefficient (Wildman–Crippen LogP) is 4.25. The second-order valence-corrected chi connectivity index (χ2v) is 9.13. The molecule has 2 aromatic rings. The number of anilines is 1. The van der Waals surface area contributed by atoms with E-state index in [1.165, 1.54) is 13.2 Å². The molecule has 10 heteroatoms. The van der Waals surface area contributed by atoms with Gasteiger partial charge in [0, 0.05) is 30.1 Å². The molecule has 0 aromatic heterocycles. The Balaban J connectivity index is 1.57. The van der Waals surface area contributed by atoms with Gasteiger partial charge in [-0.25, -0.2) is 4.79 Å². The van der Waals surface area contributed by atoms with Gasteiger partial charge in [-0.05, 0) is 55.6 Å². The number of carbonyl (C=O) groups excluding carboxylic acids is 2. The maximum atomic E-state index is 12.7. The number of ether oxygens (including phenoxy) is 2. The summed E-state index contributed by atoms with van der Waals surface area (Å²) < 4.78 is 10.3. The van der Waals surface area contributed by atoms with E-state index < -0.39 is 6.09 Å². The van der Waals surface area contributed by atoms with Gasteiger partial charge in [0.1, 0.15) is 5.75 Å². The summed E-state index contributed by atoms with van der Waals surface area (Å²) in [6, 6.07) is 10.9. The van der Waals surface area contributed by atoms with Crippen LogP contribution in [0.25, 0.3) is 0 Å². The van der Waals surface area contributed by atoms with Gasteiger partial charge in [0.25, 0.3) is 5.91 Å². The number of piperidine rings is 1. The van der Waals surface area contributed by atoms with E-state index in [0.717, 1.165) is 31.5 Å². The smallest absolute Gasteiger partial charge is 0.404 e. The summed E-state index contributed by atoms with van der Waals surface area (Å²) in [6.45, 7) is 2.49. The molecule has 2 amide bonds. The first-order chi connectivity index (χ1) is 16.3. The average Bonchev–Trinajstić information content (AvgIpc) is 2.83. The number of benzene rings is 2. The molecule has 1 aliphatic heterocycles. The highest BCUT2D eigenvalue weighted by molar-refractivity contribution is 6.33. The quantitative estimate of drug-likeness (QED) is 0.435. The minimum Gasteiger partial charge on any atom is -0.496 e. The molecule has 2 aromatic carbocycles. The van der Waals surface area contributed by atoms with Crippen LogP contribution in [0.5, 0.6) is 5.75 Å². The third-order valence-electron chi connectivity index (χ3n) is 6.10. The van der Waals surface area contributed by atoms with Crippen molar-refractivity contribution in [1.29, 1.82) is 0 Å². The Morgan fingerprint density at radius 3 is 2.47 bits per heavy atom. The Hall–Kier alpha value is -2.68. The van der Waals surface area contributed by atoms with Crippen LogP contribution < -0.4 is 21.5 Å². The highest BCUT2D eigenvalue weighted by Gasteiger charge is 2.27. The lowest BCUT2D eigenvalue weighted by molar-refractivity contribution is 0.0885. The van der Waals surface area contributed by atoms with Crippen LogP contribution in [0.2, 0.25) is 10.0 Å². The van der Waals surface area contributed by atoms with Gasteiger partial charge in [-0.15, -0.1) is 0 Å². The van der Waals surface area contributed by atoms with Crippen molar-refractivity contribution in [2.24, 2.45) is 11.7 Å². The second-order valence-electron chi connectivity index (χ2n) is 8.29. The van der Waals surface area contributed by atoms with Crippen molar-refractivity contribution >= 4 is 40.9 Å². The summed E-state index contributed by atoms with van der Waals surface area (Å²) in [4.78, 5) is 26.1. The summed E-state index contributed by atoms with van der Waals surface area (Å²) in [5.41, 5.74) is 12.7. The van der Waals surface area contributed by atoms with E-state index in [9.17, 15) is 9.59 Å². The zero-order valence-corrected chi connectivity index (χ0v) is 20.6. The number of nitrogen functional groups attached to an aromatic ring is 1. The Kier molecular flexibility index (Phi) is 9.27. The topological polar surface area (TPSA) is 120 Å². The molecule has 3 rings (SSSR count). The van der Waals surface area contributed by atoms with E-state index in [2.05, 4.69) is 10.2 Å². The molecule has 0 bridgehead atoms. The van der Waals surface area contributed by atoms with E-state index in [1.54, 1.807) is 6.07 Å². The molecule has 34 heavy (non-hydrogen) atoms. The normalized spacial score (nSPS) is 15.5. The van der Waals surface area contributed by atoms with Crippen molar-refractivity contribution in [2.75, 3.05) is 39.1 Å². The summed E-state index contributed by atoms with van der Waals surface area (Å²) in [5.74, 6) is 0.477. The van der Waals surface area contributed by atoms with Gasteiger partial charge in [0.05, 0.1) is 30.0 Å². The molecule has 1 aliphatic rings. The van der Waals surface area contributed by atoms with Crippen LogP contribution in [0.1, 0.15) is 41.2 Å². The largest absolute Gasteiger partial charge is 0.496 e. The molecule has 1 saturated heterocycles. The monoisotopic (exact) mass is 508 g/mol. The third kappa shape index (κ3) is 6.91. The first-order valence-electron chi connectivity index (χ1n) is 11.1. The summed E-state index contributed by atoms with van der Waals surface area (Å²) >= 11 is 12.1. The molecule has 0 saturated carbocycles. The molecule has 0 radical (unpaired) electrons. The first-order valence-corrected chi connectivity index (χ1v) is 11.9. The Bertz CT molecular complexity index is 995. The number of hydrogen-bond donors (Lipinski definition) is 3. The van der Waals surface area contributed by atoms with Crippen LogP contribution in [0.3, 0.4) is 0 Å². The van der Waals surface area contributed by atoms with Crippen LogP contribution in [0.4, 0.5) is 10.5 Å². The highest BCUT2D eigenvalue weighted by atomic mass is 35.5. The molecule has 0 spiro atoms. The van der Waals surface area contributed by atoms with Gasteiger partial charge in [-0.2, -0.15) is 0 Å². The van der Waals surface area contributed by atoms with Crippen LogP contribution in [0, 0.1) is 5.92 Å². The molecule has 1 heterocycles. The lowest BCUT2D eigenvalue weighted by atomic mass is 9.93. The van der Waals surface area contributed by atoms with Gasteiger partial charge in [-0.1, -0.05) is 35.3 Å². The number of rotatable bonds is 9. The molecular weight excluding hydrogens is 479 g/mol. The van der Waals surface area contributed by atoms with Gasteiger partial charge in [0.15, 0.2) is 0 Å². The van der Waals surface area contributed by atoms with Crippen LogP contribution in [-0.2, 0) is 4.74 Å². The fraction of sp³-hybridized carbons (Fsp3) is 0.417. The van der Waals surface area contributed by atoms with Crippen molar-refractivity contribution < 1.29 is 19.1 Å². The Morgan fingerprint density at radius 1 is 1.18 bits per heavy atom. The number of nitrogens with one attached hydrogen (secondary N) is 1. The predicted molar refractivity (Wildman–Crippen MR) is 133 cm³/mol. The minimum atomic E-state index is -0.775. The zero-order valence-electron chi connectivity index (χ0n) is 19.1. The van der Waals surface area contributed by atoms with Gasteiger partial charge < -0.3 is 26.3 Å². The van der Waals surface area contributed by atoms with Crippen LogP contribution >= 0.6 is 23.2 Å². The zero-order chi connectivity index (χ0) is 24.7. The van der Waals surface area contributed by atoms with Gasteiger partial charge in [-0.3, -0.25) is 9.69 Å².